The fraction of sp³-hybridized carbons (Fsp3) is 0.500. The molecule has 200 valence electrons. The van der Waals surface area contributed by atoms with Gasteiger partial charge in [-0.25, -0.2) is 4.98 Å². The first-order valence-corrected chi connectivity index (χ1v) is 13.0. The fourth-order valence-electron chi connectivity index (χ4n) is 4.23. The molecular weight excluding hydrogens is 496 g/mol. The molecule has 37 heavy (non-hydrogen) atoms. The van der Waals surface area contributed by atoms with E-state index in [1.807, 2.05) is 31.2 Å². The number of carboxylic acid groups (broad SMARTS) is 1. The monoisotopic (exact) mass is 530 g/mol. The van der Waals surface area contributed by atoms with Crippen LogP contribution in [-0.4, -0.2) is 68.5 Å². The van der Waals surface area contributed by atoms with E-state index in [1.165, 1.54) is 4.90 Å². The molecule has 1 saturated heterocycles. The molecule has 1 aromatic heterocycles. The van der Waals surface area contributed by atoms with Crippen LogP contribution in [0.5, 0.6) is 0 Å². The highest BCUT2D eigenvalue weighted by Crippen LogP contribution is 2.28. The van der Waals surface area contributed by atoms with Gasteiger partial charge in [0.25, 0.3) is 0 Å². The van der Waals surface area contributed by atoms with Crippen LogP contribution >= 0.6 is 11.3 Å². The van der Waals surface area contributed by atoms with Crippen LogP contribution in [0.4, 0.5) is 0 Å². The Morgan fingerprint density at radius 2 is 1.84 bits per heavy atom. The van der Waals surface area contributed by atoms with Gasteiger partial charge in [0.15, 0.2) is 0 Å². The van der Waals surface area contributed by atoms with Crippen molar-refractivity contribution in [2.45, 2.75) is 71.7 Å². The Labute approximate surface area is 220 Å². The van der Waals surface area contributed by atoms with E-state index in [4.69, 9.17) is 5.11 Å². The molecule has 0 saturated carbocycles. The van der Waals surface area contributed by atoms with E-state index in [9.17, 15) is 24.3 Å². The number of thiazole rings is 1. The largest absolute Gasteiger partial charge is 0.481 e. The van der Waals surface area contributed by atoms with Crippen molar-refractivity contribution in [3.05, 3.63) is 41.0 Å². The lowest BCUT2D eigenvalue weighted by Crippen LogP contribution is -2.57. The number of nitrogens with one attached hydrogen (secondary N) is 2. The van der Waals surface area contributed by atoms with Crippen LogP contribution in [0.25, 0.3) is 10.4 Å². The number of nitrogens with zero attached hydrogens (tertiary/aromatic N) is 2. The molecule has 2 heterocycles. The number of hydrogen-bond acceptors (Lipinski definition) is 7. The number of carboxylic acids is 1. The summed E-state index contributed by atoms with van der Waals surface area (Å²) < 4.78 is 0. The summed E-state index contributed by atoms with van der Waals surface area (Å²) in [5.41, 5.74) is 3.98. The zero-order valence-corrected chi connectivity index (χ0v) is 22.3. The van der Waals surface area contributed by atoms with Crippen LogP contribution in [0.3, 0.4) is 0 Å². The van der Waals surface area contributed by atoms with Crippen molar-refractivity contribution in [1.82, 2.24) is 20.5 Å². The molecule has 3 amide bonds. The average Bonchev–Trinajstić information content (AvgIpc) is 3.44. The molecule has 0 bridgehead atoms. The molecule has 0 aliphatic carbocycles. The summed E-state index contributed by atoms with van der Waals surface area (Å²) >= 11 is 1.56. The maximum Gasteiger partial charge on any atom is 0.303 e. The molecular formula is C26H34N4O6S. The minimum Gasteiger partial charge on any atom is -0.481 e. The quantitative estimate of drug-likeness (QED) is 0.388. The number of amides is 3. The maximum absolute atomic E-state index is 13.5. The van der Waals surface area contributed by atoms with Gasteiger partial charge in [-0.15, -0.1) is 11.3 Å². The zero-order valence-electron chi connectivity index (χ0n) is 21.5. The summed E-state index contributed by atoms with van der Waals surface area (Å²) in [4.78, 5) is 56.3. The van der Waals surface area contributed by atoms with Crippen LogP contribution in [0, 0.1) is 12.3 Å². The van der Waals surface area contributed by atoms with Gasteiger partial charge in [-0.2, -0.15) is 0 Å². The number of aliphatic hydroxyl groups is 1. The second-order valence-electron chi connectivity index (χ2n) is 10.3. The molecule has 0 spiro atoms. The molecule has 3 rings (SSSR count). The van der Waals surface area contributed by atoms with Gasteiger partial charge < -0.3 is 25.7 Å². The summed E-state index contributed by atoms with van der Waals surface area (Å²) in [6.45, 7) is 7.49. The SMILES string of the molecule is Cc1ncsc1-c1ccc(CNC(=O)[C@@H]2C[C@@H](O)CN2C(=O)[C@@H](NC(=O)CCC(=O)O)C(C)(C)C)cc1. The van der Waals surface area contributed by atoms with Crippen molar-refractivity contribution in [2.24, 2.45) is 5.41 Å². The smallest absolute Gasteiger partial charge is 0.303 e. The fourth-order valence-corrected chi connectivity index (χ4v) is 5.05. The highest BCUT2D eigenvalue weighted by molar-refractivity contribution is 7.13. The molecule has 3 atom stereocenters. The van der Waals surface area contributed by atoms with E-state index < -0.39 is 47.3 Å². The summed E-state index contributed by atoms with van der Waals surface area (Å²) in [5, 5.41) is 24.6. The Morgan fingerprint density at radius 3 is 2.41 bits per heavy atom. The number of benzene rings is 1. The van der Waals surface area contributed by atoms with Crippen LogP contribution in [0.15, 0.2) is 29.8 Å². The molecule has 0 radical (unpaired) electrons. The van der Waals surface area contributed by atoms with Gasteiger partial charge in [-0.05, 0) is 23.5 Å². The zero-order chi connectivity index (χ0) is 27.3. The minimum atomic E-state index is -1.11. The van der Waals surface area contributed by atoms with Crippen molar-refractivity contribution in [3.63, 3.8) is 0 Å². The molecule has 10 nitrogen and oxygen atoms in total. The Balaban J connectivity index is 1.66. The Kier molecular flexibility index (Phi) is 9.03. The molecule has 0 unspecified atom stereocenters. The maximum atomic E-state index is 13.5. The third-order valence-electron chi connectivity index (χ3n) is 6.28. The predicted molar refractivity (Wildman–Crippen MR) is 139 cm³/mol. The van der Waals surface area contributed by atoms with E-state index in [0.717, 1.165) is 21.7 Å². The van der Waals surface area contributed by atoms with Gasteiger partial charge in [-0.1, -0.05) is 45.0 Å². The second-order valence-corrected chi connectivity index (χ2v) is 11.2. The number of carbonyl (C=O) groups is 4. The lowest BCUT2D eigenvalue weighted by atomic mass is 9.85. The third kappa shape index (κ3) is 7.36. The minimum absolute atomic E-state index is 0.0304. The van der Waals surface area contributed by atoms with Crippen LogP contribution in [-0.2, 0) is 25.7 Å². The second kappa shape index (κ2) is 11.8. The normalized spacial score (nSPS) is 18.4. The predicted octanol–water partition coefficient (Wildman–Crippen LogP) is 2.09. The molecule has 4 N–H and O–H groups in total. The molecule has 2 aromatic rings. The van der Waals surface area contributed by atoms with Crippen LogP contribution in [0.2, 0.25) is 0 Å². The van der Waals surface area contributed by atoms with E-state index in [-0.39, 0.29) is 32.4 Å². The first kappa shape index (κ1) is 28.3. The number of hydrogen-bond donors (Lipinski definition) is 4. The number of likely N-dealkylation sites (tertiary alicyclic amines) is 1. The summed E-state index contributed by atoms with van der Waals surface area (Å²) in [5.74, 6) is -2.55. The third-order valence-corrected chi connectivity index (χ3v) is 7.25. The van der Waals surface area contributed by atoms with Gasteiger partial charge in [0.05, 0.1) is 28.6 Å². The van der Waals surface area contributed by atoms with Gasteiger partial charge >= 0.3 is 5.97 Å². The van der Waals surface area contributed by atoms with Crippen LogP contribution in [0.1, 0.15) is 51.3 Å². The Bertz CT molecular complexity index is 1140. The van der Waals surface area contributed by atoms with Crippen molar-refractivity contribution in [3.8, 4) is 10.4 Å². The van der Waals surface area contributed by atoms with Crippen molar-refractivity contribution in [1.29, 1.82) is 0 Å². The Morgan fingerprint density at radius 1 is 1.16 bits per heavy atom. The number of carbonyl (C=O) groups excluding carboxylic acids is 3. The van der Waals surface area contributed by atoms with E-state index >= 15 is 0 Å². The molecule has 1 fully saturated rings. The number of aromatic nitrogens is 1. The summed E-state index contributed by atoms with van der Waals surface area (Å²) in [6, 6.07) is 5.91. The van der Waals surface area contributed by atoms with Gasteiger partial charge in [-0.3, -0.25) is 19.2 Å². The summed E-state index contributed by atoms with van der Waals surface area (Å²) in [7, 11) is 0. The van der Waals surface area contributed by atoms with Gasteiger partial charge in [0, 0.05) is 25.9 Å². The molecule has 1 aliphatic heterocycles. The number of aliphatic hydroxyl groups excluding tert-OH is 1. The van der Waals surface area contributed by atoms with E-state index in [2.05, 4.69) is 15.6 Å². The lowest BCUT2D eigenvalue weighted by Gasteiger charge is -2.35. The van der Waals surface area contributed by atoms with Crippen molar-refractivity contribution >= 4 is 35.0 Å². The van der Waals surface area contributed by atoms with Crippen molar-refractivity contribution < 1.29 is 29.4 Å². The topological polar surface area (TPSA) is 149 Å². The van der Waals surface area contributed by atoms with E-state index in [1.54, 1.807) is 37.6 Å². The molecule has 11 heteroatoms. The number of rotatable bonds is 9. The first-order chi connectivity index (χ1) is 17.4. The first-order valence-electron chi connectivity index (χ1n) is 12.1. The molecule has 1 aromatic carbocycles. The highest BCUT2D eigenvalue weighted by atomic mass is 32.1. The van der Waals surface area contributed by atoms with E-state index in [0.29, 0.717) is 0 Å². The standard InChI is InChI=1S/C26H34N4O6S/c1-15-22(37-14-28-15)17-7-5-16(6-8-17)12-27-24(35)19-11-18(31)13-30(19)25(36)23(26(2,3)4)29-20(32)9-10-21(33)34/h5-8,14,18-19,23,31H,9-13H2,1-4H3,(H,27,35)(H,29,32)(H,33,34)/t18-,19+,23-/m1/s1. The van der Waals surface area contributed by atoms with Gasteiger partial charge in [0.2, 0.25) is 17.7 Å². The summed E-state index contributed by atoms with van der Waals surface area (Å²) in [6.07, 6.45) is -1.39. The lowest BCUT2D eigenvalue weighted by molar-refractivity contribution is -0.144. The highest BCUT2D eigenvalue weighted by Gasteiger charge is 2.44. The van der Waals surface area contributed by atoms with Crippen LogP contribution < -0.4 is 10.6 Å². The van der Waals surface area contributed by atoms with Crippen molar-refractivity contribution in [2.75, 3.05) is 6.54 Å². The Hall–Kier alpha value is -3.31. The number of aliphatic carboxylic acids is 1. The average molecular weight is 531 g/mol. The van der Waals surface area contributed by atoms with Gasteiger partial charge in [0.1, 0.15) is 12.1 Å². The number of aryl methyl sites for hydroxylation is 1. The number of β-amino-alcohol motifs (C(OH)–C–C–N with tert-alkyl or cyclic N) is 1. The molecule has 1 aliphatic rings.